The molecular weight excluding hydrogens is 413 g/mol. The van der Waals surface area contributed by atoms with E-state index in [0.717, 1.165) is 28.7 Å². The van der Waals surface area contributed by atoms with Crippen LogP contribution >= 0.6 is 0 Å². The van der Waals surface area contributed by atoms with E-state index in [1.165, 1.54) is 17.0 Å². The standard InChI is InChI=1S/C23H26FN5O3/c1-13-11-14(2)20(25-15(13)3)27-7-9-28(10-8-27)22(31)18-6-5-17(12-19(18)24)29-16(4)21(30)26-23(29)32/h5-6,11-12,16H,7-10H2,1-4H3,(H,26,30,32). The van der Waals surface area contributed by atoms with Crippen molar-refractivity contribution < 1.29 is 18.8 Å². The van der Waals surface area contributed by atoms with E-state index in [9.17, 15) is 18.8 Å². The summed E-state index contributed by atoms with van der Waals surface area (Å²) >= 11 is 0. The van der Waals surface area contributed by atoms with Gasteiger partial charge in [-0.2, -0.15) is 0 Å². The molecule has 8 nitrogen and oxygen atoms in total. The van der Waals surface area contributed by atoms with Crippen LogP contribution < -0.4 is 15.1 Å². The number of urea groups is 1. The summed E-state index contributed by atoms with van der Waals surface area (Å²) in [6.45, 7) is 9.71. The van der Waals surface area contributed by atoms with Crippen molar-refractivity contribution in [1.82, 2.24) is 15.2 Å². The topological polar surface area (TPSA) is 85.9 Å². The average molecular weight is 439 g/mol. The Hall–Kier alpha value is -3.49. The van der Waals surface area contributed by atoms with E-state index in [4.69, 9.17) is 4.98 Å². The molecule has 168 valence electrons. The van der Waals surface area contributed by atoms with Gasteiger partial charge < -0.3 is 9.80 Å². The van der Waals surface area contributed by atoms with Crippen LogP contribution in [0.1, 0.15) is 34.1 Å². The van der Waals surface area contributed by atoms with E-state index in [0.29, 0.717) is 26.2 Å². The van der Waals surface area contributed by atoms with Crippen molar-refractivity contribution in [2.45, 2.75) is 33.7 Å². The molecule has 0 aliphatic carbocycles. The molecule has 1 unspecified atom stereocenters. The number of amides is 4. The normalized spacial score (nSPS) is 18.9. The number of hydrogen-bond acceptors (Lipinski definition) is 5. The third kappa shape index (κ3) is 3.79. The minimum atomic E-state index is -0.737. The van der Waals surface area contributed by atoms with Crippen molar-refractivity contribution in [3.63, 3.8) is 0 Å². The van der Waals surface area contributed by atoms with Crippen LogP contribution in [0.2, 0.25) is 0 Å². The molecule has 2 aliphatic heterocycles. The SMILES string of the molecule is Cc1cc(C)c(N2CCN(C(=O)c3ccc(N4C(=O)NC(=O)C4C)cc3F)CC2)nc1C. The van der Waals surface area contributed by atoms with Crippen LogP contribution in [0.3, 0.4) is 0 Å². The maximum atomic E-state index is 14.8. The number of hydrogen-bond donors (Lipinski definition) is 1. The third-order valence-electron chi connectivity index (χ3n) is 6.17. The minimum absolute atomic E-state index is 0.0544. The highest BCUT2D eigenvalue weighted by Crippen LogP contribution is 2.26. The molecule has 1 N–H and O–H groups in total. The Labute approximate surface area is 186 Å². The van der Waals surface area contributed by atoms with E-state index >= 15 is 0 Å². The molecule has 2 saturated heterocycles. The summed E-state index contributed by atoms with van der Waals surface area (Å²) < 4.78 is 14.8. The second-order valence-electron chi connectivity index (χ2n) is 8.31. The van der Waals surface area contributed by atoms with Crippen molar-refractivity contribution in [2.24, 2.45) is 0 Å². The minimum Gasteiger partial charge on any atom is -0.353 e. The fraction of sp³-hybridized carbons (Fsp3) is 0.391. The summed E-state index contributed by atoms with van der Waals surface area (Å²) in [7, 11) is 0. The lowest BCUT2D eigenvalue weighted by Crippen LogP contribution is -2.49. The molecule has 1 aromatic carbocycles. The smallest absolute Gasteiger partial charge is 0.329 e. The summed E-state index contributed by atoms with van der Waals surface area (Å²) in [5, 5.41) is 2.19. The Bertz CT molecular complexity index is 1110. The molecule has 0 bridgehead atoms. The van der Waals surface area contributed by atoms with Crippen LogP contribution in [0.15, 0.2) is 24.3 Å². The molecular formula is C23H26FN5O3. The Morgan fingerprint density at radius 2 is 1.75 bits per heavy atom. The number of piperazine rings is 1. The van der Waals surface area contributed by atoms with Gasteiger partial charge in [-0.1, -0.05) is 6.07 Å². The van der Waals surface area contributed by atoms with Gasteiger partial charge >= 0.3 is 6.03 Å². The van der Waals surface area contributed by atoms with Crippen molar-refractivity contribution in [3.8, 4) is 0 Å². The molecule has 4 rings (SSSR count). The first-order valence-corrected chi connectivity index (χ1v) is 10.6. The summed E-state index contributed by atoms with van der Waals surface area (Å²) in [5.41, 5.74) is 3.39. The number of carbonyl (C=O) groups is 3. The van der Waals surface area contributed by atoms with Crippen LogP contribution in [-0.4, -0.2) is 60.0 Å². The first-order chi connectivity index (χ1) is 15.2. The van der Waals surface area contributed by atoms with Crippen molar-refractivity contribution in [2.75, 3.05) is 36.0 Å². The molecule has 0 saturated carbocycles. The molecule has 0 radical (unpaired) electrons. The molecule has 4 amide bonds. The summed E-state index contributed by atoms with van der Waals surface area (Å²) in [5.74, 6) is -0.639. The molecule has 1 aromatic heterocycles. The van der Waals surface area contributed by atoms with Crippen LogP contribution in [-0.2, 0) is 4.79 Å². The number of imide groups is 1. The van der Waals surface area contributed by atoms with Gasteiger partial charge in [0.1, 0.15) is 17.7 Å². The highest BCUT2D eigenvalue weighted by Gasteiger charge is 2.36. The molecule has 32 heavy (non-hydrogen) atoms. The monoisotopic (exact) mass is 439 g/mol. The zero-order chi connectivity index (χ0) is 23.2. The van der Waals surface area contributed by atoms with E-state index in [1.807, 2.05) is 20.8 Å². The van der Waals surface area contributed by atoms with Crippen molar-refractivity contribution in [3.05, 3.63) is 52.5 Å². The number of nitrogens with zero attached hydrogens (tertiary/aromatic N) is 4. The predicted octanol–water partition coefficient (Wildman–Crippen LogP) is 2.55. The Morgan fingerprint density at radius 1 is 1.06 bits per heavy atom. The van der Waals surface area contributed by atoms with E-state index in [1.54, 1.807) is 11.8 Å². The van der Waals surface area contributed by atoms with Crippen LogP contribution in [0.25, 0.3) is 0 Å². The highest BCUT2D eigenvalue weighted by atomic mass is 19.1. The fourth-order valence-corrected chi connectivity index (χ4v) is 4.17. The van der Waals surface area contributed by atoms with Gasteiger partial charge in [0.15, 0.2) is 0 Å². The number of aromatic nitrogens is 1. The summed E-state index contributed by atoms with van der Waals surface area (Å²) in [6.07, 6.45) is 0. The predicted molar refractivity (Wildman–Crippen MR) is 118 cm³/mol. The zero-order valence-electron chi connectivity index (χ0n) is 18.6. The number of benzene rings is 1. The first kappa shape index (κ1) is 21.7. The van der Waals surface area contributed by atoms with Crippen LogP contribution in [0, 0.1) is 26.6 Å². The number of anilines is 2. The molecule has 9 heteroatoms. The fourth-order valence-electron chi connectivity index (χ4n) is 4.17. The van der Waals surface area contributed by atoms with Crippen molar-refractivity contribution >= 4 is 29.4 Å². The highest BCUT2D eigenvalue weighted by molar-refractivity contribution is 6.14. The van der Waals surface area contributed by atoms with E-state index in [2.05, 4.69) is 16.3 Å². The van der Waals surface area contributed by atoms with Gasteiger partial charge in [-0.05, 0) is 57.0 Å². The molecule has 2 aliphatic rings. The lowest BCUT2D eigenvalue weighted by Gasteiger charge is -2.36. The number of nitrogens with one attached hydrogen (secondary N) is 1. The largest absolute Gasteiger partial charge is 0.353 e. The first-order valence-electron chi connectivity index (χ1n) is 10.6. The Balaban J connectivity index is 1.46. The van der Waals surface area contributed by atoms with E-state index in [-0.39, 0.29) is 11.3 Å². The average Bonchev–Trinajstić information content (AvgIpc) is 3.01. The second kappa shape index (κ2) is 8.22. The van der Waals surface area contributed by atoms with Gasteiger partial charge in [0.05, 0.1) is 5.56 Å². The molecule has 2 aromatic rings. The lowest BCUT2D eigenvalue weighted by atomic mass is 10.1. The maximum Gasteiger partial charge on any atom is 0.329 e. The molecule has 2 fully saturated rings. The van der Waals surface area contributed by atoms with Gasteiger partial charge in [0.25, 0.3) is 11.8 Å². The van der Waals surface area contributed by atoms with Gasteiger partial charge in [-0.25, -0.2) is 14.2 Å². The zero-order valence-corrected chi connectivity index (χ0v) is 18.6. The number of carbonyl (C=O) groups excluding carboxylic acids is 3. The van der Waals surface area contributed by atoms with Gasteiger partial charge in [0, 0.05) is 37.6 Å². The van der Waals surface area contributed by atoms with Gasteiger partial charge in [0.2, 0.25) is 0 Å². The Morgan fingerprint density at radius 3 is 2.34 bits per heavy atom. The number of rotatable bonds is 3. The molecule has 1 atom stereocenters. The number of aryl methyl sites for hydroxylation is 3. The molecule has 0 spiro atoms. The number of pyridine rings is 1. The Kier molecular flexibility index (Phi) is 5.58. The summed E-state index contributed by atoms with van der Waals surface area (Å²) in [6, 6.07) is 4.76. The van der Waals surface area contributed by atoms with Gasteiger partial charge in [-0.15, -0.1) is 0 Å². The molecule has 3 heterocycles. The summed E-state index contributed by atoms with van der Waals surface area (Å²) in [4.78, 5) is 46.3. The van der Waals surface area contributed by atoms with Crippen molar-refractivity contribution in [1.29, 1.82) is 0 Å². The number of halogens is 1. The maximum absolute atomic E-state index is 14.8. The lowest BCUT2D eigenvalue weighted by molar-refractivity contribution is -0.119. The van der Waals surface area contributed by atoms with Crippen LogP contribution in [0.5, 0.6) is 0 Å². The second-order valence-corrected chi connectivity index (χ2v) is 8.31. The third-order valence-corrected chi connectivity index (χ3v) is 6.17. The quantitative estimate of drug-likeness (QED) is 0.743. The van der Waals surface area contributed by atoms with Gasteiger partial charge in [-0.3, -0.25) is 19.8 Å². The van der Waals surface area contributed by atoms with E-state index < -0.39 is 29.7 Å². The van der Waals surface area contributed by atoms with Crippen LogP contribution in [0.4, 0.5) is 20.7 Å².